The molecule has 0 atom stereocenters. The van der Waals surface area contributed by atoms with Gasteiger partial charge in [-0.2, -0.15) is 4.98 Å². The van der Waals surface area contributed by atoms with E-state index in [1.807, 2.05) is 6.07 Å². The van der Waals surface area contributed by atoms with E-state index in [1.165, 1.54) is 0 Å². The summed E-state index contributed by atoms with van der Waals surface area (Å²) in [5, 5.41) is 12.6. The summed E-state index contributed by atoms with van der Waals surface area (Å²) >= 11 is 0. The third kappa shape index (κ3) is 2.96. The van der Waals surface area contributed by atoms with E-state index >= 15 is 0 Å². The minimum atomic E-state index is -0.860. The number of hydrogen-bond donors (Lipinski definition) is 4. The number of rotatable bonds is 4. The first-order chi connectivity index (χ1) is 10.4. The highest BCUT2D eigenvalue weighted by Crippen LogP contribution is 2.23. The number of nitrogens with two attached hydrogens (primary N) is 1. The maximum Gasteiger partial charge on any atom is 0.224 e. The number of aliphatic hydroxyl groups is 1. The Morgan fingerprint density at radius 1 is 1.27 bits per heavy atom. The van der Waals surface area contributed by atoms with E-state index in [-0.39, 0.29) is 0 Å². The number of nitrogens with zero attached hydrogens (tertiary/aromatic N) is 4. The topological polar surface area (TPSA) is 126 Å². The van der Waals surface area contributed by atoms with Crippen LogP contribution in [0.5, 0.6) is 0 Å². The predicted molar refractivity (Wildman–Crippen MR) is 84.1 cm³/mol. The number of aromatic nitrogens is 5. The molecule has 3 aromatic rings. The van der Waals surface area contributed by atoms with Gasteiger partial charge in [0, 0.05) is 18.9 Å². The van der Waals surface area contributed by atoms with E-state index in [0.29, 0.717) is 35.2 Å². The van der Waals surface area contributed by atoms with Gasteiger partial charge in [-0.05, 0) is 19.9 Å². The largest absolute Gasteiger partial charge is 0.389 e. The second-order valence-electron chi connectivity index (χ2n) is 5.63. The van der Waals surface area contributed by atoms with Gasteiger partial charge in [0.1, 0.15) is 11.3 Å². The lowest BCUT2D eigenvalue weighted by Crippen LogP contribution is -2.30. The van der Waals surface area contributed by atoms with Crippen LogP contribution < -0.4 is 11.1 Å². The predicted octanol–water partition coefficient (Wildman–Crippen LogP) is 1.18. The van der Waals surface area contributed by atoms with Crippen LogP contribution in [-0.2, 0) is 0 Å². The van der Waals surface area contributed by atoms with Crippen LogP contribution in [-0.4, -0.2) is 42.2 Å². The third-order valence-corrected chi connectivity index (χ3v) is 3.03. The average molecular weight is 299 g/mol. The fourth-order valence-corrected chi connectivity index (χ4v) is 1.93. The molecule has 3 heterocycles. The van der Waals surface area contributed by atoms with Gasteiger partial charge >= 0.3 is 0 Å². The first-order valence-electron chi connectivity index (χ1n) is 6.82. The fourth-order valence-electron chi connectivity index (χ4n) is 1.93. The van der Waals surface area contributed by atoms with Gasteiger partial charge in [-0.15, -0.1) is 0 Å². The van der Waals surface area contributed by atoms with Gasteiger partial charge in [-0.25, -0.2) is 15.0 Å². The van der Waals surface area contributed by atoms with Gasteiger partial charge in [0.05, 0.1) is 23.1 Å². The molecule has 22 heavy (non-hydrogen) atoms. The summed E-state index contributed by atoms with van der Waals surface area (Å²) < 4.78 is 0. The molecule has 0 aliphatic heterocycles. The van der Waals surface area contributed by atoms with Crippen molar-refractivity contribution in [3.8, 4) is 11.3 Å². The minimum Gasteiger partial charge on any atom is -0.389 e. The Hall–Kier alpha value is -2.74. The molecule has 0 fully saturated rings. The second-order valence-corrected chi connectivity index (χ2v) is 5.63. The lowest BCUT2D eigenvalue weighted by Gasteiger charge is -2.17. The number of nitrogens with one attached hydrogen (secondary N) is 2. The molecule has 0 unspecified atom stereocenters. The molecule has 0 aliphatic rings. The van der Waals surface area contributed by atoms with Crippen molar-refractivity contribution in [1.82, 2.24) is 24.9 Å². The van der Waals surface area contributed by atoms with Crippen molar-refractivity contribution in [2.45, 2.75) is 19.4 Å². The molecule has 0 radical (unpaired) electrons. The highest BCUT2D eigenvalue weighted by molar-refractivity contribution is 5.77. The van der Waals surface area contributed by atoms with Gasteiger partial charge in [-0.1, -0.05) is 0 Å². The van der Waals surface area contributed by atoms with E-state index in [4.69, 9.17) is 5.73 Å². The van der Waals surface area contributed by atoms with E-state index in [2.05, 4.69) is 30.2 Å². The van der Waals surface area contributed by atoms with Crippen molar-refractivity contribution in [3.05, 3.63) is 24.7 Å². The van der Waals surface area contributed by atoms with Crippen LogP contribution in [0.1, 0.15) is 13.8 Å². The van der Waals surface area contributed by atoms with Crippen LogP contribution in [0, 0.1) is 0 Å². The molecule has 0 aliphatic carbocycles. The van der Waals surface area contributed by atoms with Gasteiger partial charge in [-0.3, -0.25) is 0 Å². The maximum atomic E-state index is 9.69. The molecule has 0 saturated carbocycles. The normalized spacial score (nSPS) is 11.8. The van der Waals surface area contributed by atoms with Gasteiger partial charge in [0.25, 0.3) is 0 Å². The molecular weight excluding hydrogens is 282 g/mol. The van der Waals surface area contributed by atoms with Crippen LogP contribution in [0.15, 0.2) is 24.7 Å². The SMILES string of the molecule is CC(C)(O)CNc1ncc(-c2cnc3[nH]ccc3n2)c(N)n1. The molecule has 5 N–H and O–H groups in total. The Bertz CT molecular complexity index is 806. The maximum absolute atomic E-state index is 9.69. The number of fused-ring (bicyclic) bond motifs is 1. The molecule has 0 amide bonds. The number of nitrogen functional groups attached to an aromatic ring is 1. The molecule has 3 aromatic heterocycles. The molecule has 3 rings (SSSR count). The van der Waals surface area contributed by atoms with Gasteiger partial charge < -0.3 is 21.1 Å². The Balaban J connectivity index is 1.88. The quantitative estimate of drug-likeness (QED) is 0.570. The zero-order chi connectivity index (χ0) is 15.7. The summed E-state index contributed by atoms with van der Waals surface area (Å²) in [6, 6.07) is 1.84. The Morgan fingerprint density at radius 2 is 2.09 bits per heavy atom. The van der Waals surface area contributed by atoms with Gasteiger partial charge in [0.15, 0.2) is 5.65 Å². The fraction of sp³-hybridized carbons (Fsp3) is 0.286. The van der Waals surface area contributed by atoms with E-state index < -0.39 is 5.60 Å². The third-order valence-electron chi connectivity index (χ3n) is 3.03. The summed E-state index contributed by atoms with van der Waals surface area (Å²) in [6.45, 7) is 3.71. The van der Waals surface area contributed by atoms with Crippen LogP contribution in [0.4, 0.5) is 11.8 Å². The van der Waals surface area contributed by atoms with Crippen molar-refractivity contribution in [3.63, 3.8) is 0 Å². The lowest BCUT2D eigenvalue weighted by atomic mass is 10.1. The smallest absolute Gasteiger partial charge is 0.224 e. The number of hydrogen-bond acceptors (Lipinski definition) is 7. The molecule has 8 nitrogen and oxygen atoms in total. The van der Waals surface area contributed by atoms with E-state index in [1.54, 1.807) is 32.4 Å². The first-order valence-corrected chi connectivity index (χ1v) is 6.82. The van der Waals surface area contributed by atoms with Crippen LogP contribution in [0.2, 0.25) is 0 Å². The van der Waals surface area contributed by atoms with Gasteiger partial charge in [0.2, 0.25) is 5.95 Å². The lowest BCUT2D eigenvalue weighted by molar-refractivity contribution is 0.0943. The summed E-state index contributed by atoms with van der Waals surface area (Å²) in [5.74, 6) is 0.663. The summed E-state index contributed by atoms with van der Waals surface area (Å²) in [5.41, 5.74) is 7.81. The average Bonchev–Trinajstić information content (AvgIpc) is 2.92. The summed E-state index contributed by atoms with van der Waals surface area (Å²) in [4.78, 5) is 20.1. The molecule has 114 valence electrons. The van der Waals surface area contributed by atoms with Crippen molar-refractivity contribution in [1.29, 1.82) is 0 Å². The Morgan fingerprint density at radius 3 is 2.82 bits per heavy atom. The molecule has 8 heteroatoms. The molecular formula is C14H17N7O. The second kappa shape index (κ2) is 5.23. The Labute approximate surface area is 126 Å². The van der Waals surface area contributed by atoms with Crippen molar-refractivity contribution >= 4 is 22.9 Å². The molecule has 0 bridgehead atoms. The van der Waals surface area contributed by atoms with Crippen molar-refractivity contribution in [2.75, 3.05) is 17.6 Å². The van der Waals surface area contributed by atoms with E-state index in [0.717, 1.165) is 5.52 Å². The Kier molecular flexibility index (Phi) is 3.38. The van der Waals surface area contributed by atoms with Crippen LogP contribution >= 0.6 is 0 Å². The monoisotopic (exact) mass is 299 g/mol. The number of H-pyrrole nitrogens is 1. The zero-order valence-electron chi connectivity index (χ0n) is 12.3. The molecule has 0 saturated heterocycles. The first kappa shape index (κ1) is 14.2. The van der Waals surface area contributed by atoms with Crippen LogP contribution in [0.3, 0.4) is 0 Å². The van der Waals surface area contributed by atoms with Crippen molar-refractivity contribution < 1.29 is 5.11 Å². The van der Waals surface area contributed by atoms with E-state index in [9.17, 15) is 5.11 Å². The molecule has 0 aromatic carbocycles. The minimum absolute atomic E-state index is 0.303. The zero-order valence-corrected chi connectivity index (χ0v) is 12.3. The highest BCUT2D eigenvalue weighted by Gasteiger charge is 2.14. The number of aromatic amines is 1. The summed E-state index contributed by atoms with van der Waals surface area (Å²) in [6.07, 6.45) is 4.99. The van der Waals surface area contributed by atoms with Crippen LogP contribution in [0.25, 0.3) is 22.4 Å². The summed E-state index contributed by atoms with van der Waals surface area (Å²) in [7, 11) is 0. The molecule has 0 spiro atoms. The highest BCUT2D eigenvalue weighted by atomic mass is 16.3. The van der Waals surface area contributed by atoms with Crippen molar-refractivity contribution in [2.24, 2.45) is 0 Å². The number of anilines is 2. The standard InChI is InChI=1S/C14H17N7O/c1-14(2,22)7-19-13-18-5-8(11(15)21-13)10-6-17-12-9(20-10)3-4-16-12/h3-6,22H,7H2,1-2H3,(H,16,17)(H3,15,18,19,21).